The summed E-state index contributed by atoms with van der Waals surface area (Å²) in [6.45, 7) is 6.43. The highest BCUT2D eigenvalue weighted by Gasteiger charge is 2.29. The zero-order valence-electron chi connectivity index (χ0n) is 15.6. The molecule has 2 N–H and O–H groups in total. The molecule has 1 aliphatic carbocycles. The van der Waals surface area contributed by atoms with E-state index in [1.165, 1.54) is 0 Å². The van der Waals surface area contributed by atoms with E-state index in [-0.39, 0.29) is 23.1 Å². The molecule has 0 radical (unpaired) electrons. The van der Waals surface area contributed by atoms with Gasteiger partial charge in [0, 0.05) is 30.8 Å². The lowest BCUT2D eigenvalue weighted by atomic mass is 9.84. The maximum absolute atomic E-state index is 12.1. The standard InChI is InChI=1S/C20H28N2O4/c1-20(2,15-7-8-16-17(12-15)26-11-10-25-16)13-22-18(23)4-3-9-21-19(24)14-5-6-14/h7-8,12,14H,3-6,9-11,13H2,1-2H3,(H,21,24)(H,22,23). The molecule has 1 fully saturated rings. The number of carbonyl (C=O) groups is 2. The van der Waals surface area contributed by atoms with Crippen LogP contribution in [0.2, 0.25) is 0 Å². The molecule has 6 heteroatoms. The minimum atomic E-state index is -0.217. The molecule has 0 atom stereocenters. The second-order valence-electron chi connectivity index (χ2n) is 7.69. The first kappa shape index (κ1) is 18.5. The van der Waals surface area contributed by atoms with Crippen LogP contribution in [0.4, 0.5) is 0 Å². The summed E-state index contributed by atoms with van der Waals surface area (Å²) in [6.07, 6.45) is 3.08. The quantitative estimate of drug-likeness (QED) is 0.697. The van der Waals surface area contributed by atoms with Crippen LogP contribution in [0, 0.1) is 5.92 Å². The molecule has 3 rings (SSSR count). The first-order valence-electron chi connectivity index (χ1n) is 9.40. The molecule has 1 saturated carbocycles. The molecule has 142 valence electrons. The smallest absolute Gasteiger partial charge is 0.223 e. The van der Waals surface area contributed by atoms with Gasteiger partial charge in [-0.3, -0.25) is 9.59 Å². The van der Waals surface area contributed by atoms with Crippen molar-refractivity contribution in [3.63, 3.8) is 0 Å². The number of ether oxygens (including phenoxy) is 2. The largest absolute Gasteiger partial charge is 0.486 e. The van der Waals surface area contributed by atoms with Gasteiger partial charge in [0.15, 0.2) is 11.5 Å². The van der Waals surface area contributed by atoms with Crippen molar-refractivity contribution in [2.24, 2.45) is 5.92 Å². The van der Waals surface area contributed by atoms with Crippen LogP contribution in [0.5, 0.6) is 11.5 Å². The number of amides is 2. The Labute approximate surface area is 154 Å². The average Bonchev–Trinajstić information content (AvgIpc) is 3.48. The minimum Gasteiger partial charge on any atom is -0.486 e. The number of fused-ring (bicyclic) bond motifs is 1. The van der Waals surface area contributed by atoms with Gasteiger partial charge >= 0.3 is 0 Å². The number of rotatable bonds is 8. The highest BCUT2D eigenvalue weighted by Crippen LogP contribution is 2.35. The summed E-state index contributed by atoms with van der Waals surface area (Å²) in [4.78, 5) is 23.6. The number of carbonyl (C=O) groups excluding carboxylic acids is 2. The van der Waals surface area contributed by atoms with Gasteiger partial charge in [0.05, 0.1) is 0 Å². The molecular formula is C20H28N2O4. The zero-order valence-corrected chi connectivity index (χ0v) is 15.6. The zero-order chi connectivity index (χ0) is 18.6. The lowest BCUT2D eigenvalue weighted by molar-refractivity contribution is -0.123. The highest BCUT2D eigenvalue weighted by molar-refractivity contribution is 5.81. The number of nitrogens with one attached hydrogen (secondary N) is 2. The Hall–Kier alpha value is -2.24. The molecule has 0 unspecified atom stereocenters. The third-order valence-electron chi connectivity index (χ3n) is 4.88. The van der Waals surface area contributed by atoms with E-state index >= 15 is 0 Å². The SMILES string of the molecule is CC(C)(CNC(=O)CCCNC(=O)C1CC1)c1ccc2c(c1)OCCO2. The number of hydrogen-bond donors (Lipinski definition) is 2. The van der Waals surface area contributed by atoms with Gasteiger partial charge in [-0.15, -0.1) is 0 Å². The van der Waals surface area contributed by atoms with Crippen molar-refractivity contribution in [1.82, 2.24) is 10.6 Å². The Balaban J connectivity index is 1.42. The summed E-state index contributed by atoms with van der Waals surface area (Å²) in [6, 6.07) is 5.94. The van der Waals surface area contributed by atoms with Crippen LogP contribution in [-0.2, 0) is 15.0 Å². The fourth-order valence-corrected chi connectivity index (χ4v) is 2.92. The van der Waals surface area contributed by atoms with E-state index in [2.05, 4.69) is 24.5 Å². The van der Waals surface area contributed by atoms with E-state index < -0.39 is 0 Å². The van der Waals surface area contributed by atoms with Crippen LogP contribution >= 0.6 is 0 Å². The van der Waals surface area contributed by atoms with Crippen LogP contribution in [0.3, 0.4) is 0 Å². The molecule has 0 saturated heterocycles. The van der Waals surface area contributed by atoms with E-state index in [0.717, 1.165) is 29.9 Å². The normalized spacial score (nSPS) is 16.1. The fourth-order valence-electron chi connectivity index (χ4n) is 2.92. The molecule has 0 aromatic heterocycles. The molecule has 2 aliphatic rings. The predicted octanol–water partition coefficient (Wildman–Crippen LogP) is 2.16. The molecule has 1 aliphatic heterocycles. The van der Waals surface area contributed by atoms with Crippen molar-refractivity contribution in [3.05, 3.63) is 23.8 Å². The van der Waals surface area contributed by atoms with Gasteiger partial charge in [-0.05, 0) is 37.0 Å². The average molecular weight is 360 g/mol. The summed E-state index contributed by atoms with van der Waals surface area (Å²) in [5, 5.41) is 5.88. The van der Waals surface area contributed by atoms with Crippen molar-refractivity contribution in [3.8, 4) is 11.5 Å². The maximum atomic E-state index is 12.1. The second kappa shape index (κ2) is 7.98. The van der Waals surface area contributed by atoms with E-state index in [0.29, 0.717) is 39.1 Å². The van der Waals surface area contributed by atoms with Crippen LogP contribution in [0.15, 0.2) is 18.2 Å². The van der Waals surface area contributed by atoms with Gasteiger partial charge in [-0.2, -0.15) is 0 Å². The Kier molecular flexibility index (Phi) is 5.69. The predicted molar refractivity (Wildman–Crippen MR) is 98.4 cm³/mol. The monoisotopic (exact) mass is 360 g/mol. The summed E-state index contributed by atoms with van der Waals surface area (Å²) in [5.74, 6) is 1.89. The summed E-state index contributed by atoms with van der Waals surface area (Å²) in [7, 11) is 0. The summed E-state index contributed by atoms with van der Waals surface area (Å²) < 4.78 is 11.2. The number of benzene rings is 1. The molecular weight excluding hydrogens is 332 g/mol. The van der Waals surface area contributed by atoms with Crippen molar-refractivity contribution >= 4 is 11.8 Å². The first-order chi connectivity index (χ1) is 12.5. The van der Waals surface area contributed by atoms with Crippen LogP contribution < -0.4 is 20.1 Å². The van der Waals surface area contributed by atoms with Gasteiger partial charge in [-0.25, -0.2) is 0 Å². The fraction of sp³-hybridized carbons (Fsp3) is 0.600. The van der Waals surface area contributed by atoms with E-state index in [9.17, 15) is 9.59 Å². The van der Waals surface area contributed by atoms with Gasteiger partial charge in [0.1, 0.15) is 13.2 Å². The molecule has 1 aromatic carbocycles. The molecule has 26 heavy (non-hydrogen) atoms. The molecule has 0 spiro atoms. The lowest BCUT2D eigenvalue weighted by Crippen LogP contribution is -2.37. The second-order valence-corrected chi connectivity index (χ2v) is 7.69. The Morgan fingerprint density at radius 1 is 1.12 bits per heavy atom. The third-order valence-corrected chi connectivity index (χ3v) is 4.88. The van der Waals surface area contributed by atoms with Crippen molar-refractivity contribution in [2.75, 3.05) is 26.3 Å². The Morgan fingerprint density at radius 2 is 1.85 bits per heavy atom. The third kappa shape index (κ3) is 4.90. The van der Waals surface area contributed by atoms with Gasteiger partial charge < -0.3 is 20.1 Å². The van der Waals surface area contributed by atoms with Crippen molar-refractivity contribution in [1.29, 1.82) is 0 Å². The van der Waals surface area contributed by atoms with E-state index in [4.69, 9.17) is 9.47 Å². The first-order valence-corrected chi connectivity index (χ1v) is 9.40. The van der Waals surface area contributed by atoms with Gasteiger partial charge in [-0.1, -0.05) is 19.9 Å². The Bertz CT molecular complexity index is 668. The topological polar surface area (TPSA) is 76.7 Å². The van der Waals surface area contributed by atoms with E-state index in [1.807, 2.05) is 18.2 Å². The molecule has 2 amide bonds. The van der Waals surface area contributed by atoms with Crippen LogP contribution in [-0.4, -0.2) is 38.1 Å². The number of hydrogen-bond acceptors (Lipinski definition) is 4. The maximum Gasteiger partial charge on any atom is 0.223 e. The van der Waals surface area contributed by atoms with E-state index in [1.54, 1.807) is 0 Å². The molecule has 0 bridgehead atoms. The summed E-state index contributed by atoms with van der Waals surface area (Å²) >= 11 is 0. The highest BCUT2D eigenvalue weighted by atomic mass is 16.6. The molecule has 1 aromatic rings. The van der Waals surface area contributed by atoms with Crippen molar-refractivity contribution < 1.29 is 19.1 Å². The van der Waals surface area contributed by atoms with Gasteiger partial charge in [0.25, 0.3) is 0 Å². The molecule has 1 heterocycles. The summed E-state index contributed by atoms with van der Waals surface area (Å²) in [5.41, 5.74) is 0.879. The van der Waals surface area contributed by atoms with Crippen LogP contribution in [0.25, 0.3) is 0 Å². The van der Waals surface area contributed by atoms with Gasteiger partial charge in [0.2, 0.25) is 11.8 Å². The van der Waals surface area contributed by atoms with Crippen LogP contribution in [0.1, 0.15) is 45.1 Å². The Morgan fingerprint density at radius 3 is 2.58 bits per heavy atom. The van der Waals surface area contributed by atoms with Crippen molar-refractivity contribution in [2.45, 2.75) is 44.9 Å². The molecule has 6 nitrogen and oxygen atoms in total. The minimum absolute atomic E-state index is 0.0105. The lowest BCUT2D eigenvalue weighted by Gasteiger charge is -2.28.